The van der Waals surface area contributed by atoms with Crippen molar-refractivity contribution in [3.8, 4) is 28.3 Å². The zero-order valence-corrected chi connectivity index (χ0v) is 18.2. The number of hydrogen-bond acceptors (Lipinski definition) is 4. The Labute approximate surface area is 187 Å². The van der Waals surface area contributed by atoms with Crippen molar-refractivity contribution in [2.75, 3.05) is 17.7 Å². The van der Waals surface area contributed by atoms with Crippen molar-refractivity contribution in [2.45, 2.75) is 13.8 Å². The number of methoxy groups -OCH3 is 1. The van der Waals surface area contributed by atoms with E-state index in [4.69, 9.17) is 4.74 Å². The van der Waals surface area contributed by atoms with Gasteiger partial charge in [0.1, 0.15) is 5.75 Å². The van der Waals surface area contributed by atoms with E-state index in [1.807, 2.05) is 92.7 Å². The Morgan fingerprint density at radius 1 is 0.750 bits per heavy atom. The average molecular weight is 425 g/mol. The highest BCUT2D eigenvalue weighted by Crippen LogP contribution is 2.27. The Hall–Kier alpha value is -4.19. The molecule has 2 N–H and O–H groups in total. The van der Waals surface area contributed by atoms with Gasteiger partial charge in [-0.1, -0.05) is 42.0 Å². The predicted molar refractivity (Wildman–Crippen MR) is 128 cm³/mol. The van der Waals surface area contributed by atoms with Gasteiger partial charge in [-0.05, 0) is 61.9 Å². The van der Waals surface area contributed by atoms with Gasteiger partial charge < -0.3 is 10.1 Å². The summed E-state index contributed by atoms with van der Waals surface area (Å²) in [6.45, 7) is 4.01. The molecule has 1 aromatic heterocycles. The van der Waals surface area contributed by atoms with Crippen LogP contribution in [0.1, 0.15) is 11.1 Å². The lowest BCUT2D eigenvalue weighted by atomic mass is 10.1. The first kappa shape index (κ1) is 21.1. The zero-order valence-electron chi connectivity index (χ0n) is 18.2. The van der Waals surface area contributed by atoms with Crippen molar-refractivity contribution < 1.29 is 9.53 Å². The second-order valence-corrected chi connectivity index (χ2v) is 7.51. The Morgan fingerprint density at radius 3 is 1.97 bits per heavy atom. The van der Waals surface area contributed by atoms with E-state index >= 15 is 0 Å². The Bertz CT molecular complexity index is 1240. The third-order valence-electron chi connectivity index (χ3n) is 4.96. The lowest BCUT2D eigenvalue weighted by Gasteiger charge is -2.11. The van der Waals surface area contributed by atoms with Crippen LogP contribution in [-0.2, 0) is 0 Å². The first-order valence-corrected chi connectivity index (χ1v) is 10.3. The lowest BCUT2D eigenvalue weighted by molar-refractivity contribution is 0.262. The molecule has 0 unspecified atom stereocenters. The van der Waals surface area contributed by atoms with Crippen LogP contribution >= 0.6 is 0 Å². The Kier molecular flexibility index (Phi) is 6.12. The Morgan fingerprint density at radius 2 is 1.38 bits per heavy atom. The van der Waals surface area contributed by atoms with E-state index in [0.29, 0.717) is 11.4 Å². The number of aromatic nitrogens is 2. The topological polar surface area (TPSA) is 76.1 Å². The van der Waals surface area contributed by atoms with Gasteiger partial charge >= 0.3 is 6.03 Å². The summed E-state index contributed by atoms with van der Waals surface area (Å²) >= 11 is 0. The van der Waals surface area contributed by atoms with Gasteiger partial charge in [0.25, 0.3) is 0 Å². The van der Waals surface area contributed by atoms with Crippen molar-refractivity contribution in [1.82, 2.24) is 9.97 Å². The van der Waals surface area contributed by atoms with Crippen LogP contribution in [0.15, 0.2) is 78.9 Å². The van der Waals surface area contributed by atoms with Crippen molar-refractivity contribution in [2.24, 2.45) is 0 Å². The number of nitrogens with one attached hydrogen (secondary N) is 2. The van der Waals surface area contributed by atoms with E-state index < -0.39 is 6.03 Å². The van der Waals surface area contributed by atoms with Gasteiger partial charge in [-0.3, -0.25) is 5.32 Å². The molecule has 0 radical (unpaired) electrons. The third kappa shape index (κ3) is 5.10. The molecule has 32 heavy (non-hydrogen) atoms. The number of rotatable bonds is 5. The first-order valence-electron chi connectivity index (χ1n) is 10.3. The molecule has 2 amide bonds. The zero-order chi connectivity index (χ0) is 22.5. The van der Waals surface area contributed by atoms with Gasteiger partial charge in [0, 0.05) is 16.8 Å². The summed E-state index contributed by atoms with van der Waals surface area (Å²) in [4.78, 5) is 21.8. The molecule has 6 heteroatoms. The van der Waals surface area contributed by atoms with Crippen LogP contribution in [0.2, 0.25) is 0 Å². The lowest BCUT2D eigenvalue weighted by Crippen LogP contribution is -2.21. The summed E-state index contributed by atoms with van der Waals surface area (Å²) in [5.74, 6) is 0.983. The van der Waals surface area contributed by atoms with Gasteiger partial charge in [-0.15, -0.1) is 0 Å². The summed E-state index contributed by atoms with van der Waals surface area (Å²) in [5.41, 5.74) is 6.17. The molecule has 0 aliphatic heterocycles. The number of carbonyl (C=O) groups excluding carboxylic acids is 1. The fraction of sp³-hybridized carbons (Fsp3) is 0.115. The van der Waals surface area contributed by atoms with E-state index in [9.17, 15) is 4.79 Å². The molecule has 0 atom stereocenters. The van der Waals surface area contributed by atoms with Crippen LogP contribution in [0.5, 0.6) is 5.75 Å². The predicted octanol–water partition coefficient (Wildman–Crippen LogP) is 6.08. The molecule has 160 valence electrons. The van der Waals surface area contributed by atoms with E-state index in [-0.39, 0.29) is 5.95 Å². The molecule has 0 bridgehead atoms. The van der Waals surface area contributed by atoms with Gasteiger partial charge in [-0.2, -0.15) is 0 Å². The van der Waals surface area contributed by atoms with Crippen LogP contribution in [0.4, 0.5) is 16.4 Å². The molecule has 0 saturated carbocycles. The monoisotopic (exact) mass is 424 g/mol. The number of benzene rings is 3. The summed E-state index contributed by atoms with van der Waals surface area (Å²) in [5, 5.41) is 5.59. The van der Waals surface area contributed by atoms with Crippen LogP contribution < -0.4 is 15.4 Å². The summed E-state index contributed by atoms with van der Waals surface area (Å²) < 4.78 is 5.25. The number of anilines is 2. The molecular weight excluding hydrogens is 400 g/mol. The second kappa shape index (κ2) is 9.31. The average Bonchev–Trinajstić information content (AvgIpc) is 2.79. The van der Waals surface area contributed by atoms with Gasteiger partial charge in [0.2, 0.25) is 5.95 Å². The van der Waals surface area contributed by atoms with Crippen LogP contribution in [-0.4, -0.2) is 23.1 Å². The highest BCUT2D eigenvalue weighted by molar-refractivity contribution is 5.99. The van der Waals surface area contributed by atoms with E-state index in [1.54, 1.807) is 7.11 Å². The molecule has 0 spiro atoms. The van der Waals surface area contributed by atoms with Gasteiger partial charge in [0.05, 0.1) is 18.5 Å². The number of urea groups is 1. The second-order valence-electron chi connectivity index (χ2n) is 7.51. The number of amides is 2. The van der Waals surface area contributed by atoms with Crippen molar-refractivity contribution in [3.05, 3.63) is 90.0 Å². The minimum Gasteiger partial charge on any atom is -0.497 e. The van der Waals surface area contributed by atoms with Crippen LogP contribution in [0, 0.1) is 13.8 Å². The molecule has 3 aromatic carbocycles. The molecule has 0 aliphatic carbocycles. The van der Waals surface area contributed by atoms with E-state index in [1.165, 1.54) is 0 Å². The molecule has 4 aromatic rings. The molecule has 0 saturated heterocycles. The number of ether oxygens (including phenoxy) is 1. The van der Waals surface area contributed by atoms with Crippen molar-refractivity contribution in [3.63, 3.8) is 0 Å². The number of aryl methyl sites for hydroxylation is 2. The minimum absolute atomic E-state index is 0.221. The SMILES string of the molecule is COc1ccc(-c2cc(-c3ccc(C)cc3)nc(NC(=O)Nc3cccc(C)c3)n2)cc1. The standard InChI is InChI=1S/C26H24N4O2/c1-17-7-9-19(10-8-17)23-16-24(20-11-13-22(32-3)14-12-20)29-25(28-23)30-26(31)27-21-6-4-5-18(2)15-21/h4-16H,1-3H3,(H2,27,28,29,30,31). The number of carbonyl (C=O) groups is 1. The maximum absolute atomic E-state index is 12.6. The summed E-state index contributed by atoms with van der Waals surface area (Å²) in [7, 11) is 1.63. The third-order valence-corrected chi connectivity index (χ3v) is 4.96. The Balaban J connectivity index is 1.67. The van der Waals surface area contributed by atoms with Crippen LogP contribution in [0.3, 0.4) is 0 Å². The molecular formula is C26H24N4O2. The van der Waals surface area contributed by atoms with Gasteiger partial charge in [-0.25, -0.2) is 14.8 Å². The van der Waals surface area contributed by atoms with Gasteiger partial charge in [0.15, 0.2) is 0 Å². The van der Waals surface area contributed by atoms with E-state index in [0.717, 1.165) is 33.7 Å². The van der Waals surface area contributed by atoms with Crippen molar-refractivity contribution in [1.29, 1.82) is 0 Å². The fourth-order valence-corrected chi connectivity index (χ4v) is 3.27. The quantitative estimate of drug-likeness (QED) is 0.407. The first-order chi connectivity index (χ1) is 15.5. The highest BCUT2D eigenvalue weighted by Gasteiger charge is 2.12. The van der Waals surface area contributed by atoms with Crippen LogP contribution in [0.25, 0.3) is 22.5 Å². The summed E-state index contributed by atoms with van der Waals surface area (Å²) in [6.07, 6.45) is 0. The number of nitrogens with zero attached hydrogens (tertiary/aromatic N) is 2. The largest absolute Gasteiger partial charge is 0.497 e. The fourth-order valence-electron chi connectivity index (χ4n) is 3.27. The maximum atomic E-state index is 12.6. The highest BCUT2D eigenvalue weighted by atomic mass is 16.5. The normalized spacial score (nSPS) is 10.5. The molecule has 6 nitrogen and oxygen atoms in total. The molecule has 0 aliphatic rings. The smallest absolute Gasteiger partial charge is 0.326 e. The molecule has 1 heterocycles. The molecule has 4 rings (SSSR count). The minimum atomic E-state index is -0.405. The maximum Gasteiger partial charge on any atom is 0.326 e. The summed E-state index contributed by atoms with van der Waals surface area (Å²) in [6, 6.07) is 24.8. The van der Waals surface area contributed by atoms with Crippen molar-refractivity contribution >= 4 is 17.7 Å². The van der Waals surface area contributed by atoms with E-state index in [2.05, 4.69) is 20.6 Å². The molecule has 0 fully saturated rings. The number of hydrogen-bond donors (Lipinski definition) is 2.